The second kappa shape index (κ2) is 7.45. The number of nitriles is 1. The molecule has 3 aliphatic heterocycles. The van der Waals surface area contributed by atoms with Gasteiger partial charge in [0, 0.05) is 36.8 Å². The number of hydrogen-bond donors (Lipinski definition) is 1. The number of aromatic nitrogens is 3. The van der Waals surface area contributed by atoms with E-state index in [9.17, 15) is 5.26 Å². The number of aryl methyl sites for hydroxylation is 2. The Morgan fingerprint density at radius 1 is 1.30 bits per heavy atom. The maximum Gasteiger partial charge on any atom is 0.229 e. The number of nitrogens with one attached hydrogen (secondary N) is 1. The third-order valence-electron chi connectivity index (χ3n) is 6.63. The molecule has 158 valence electrons. The number of piperidine rings is 1. The standard InChI is InChI=1S/C21H27N7OS/c1-15-9-23-19(24-17-8-16(2)26-30-17)25-18(15)27-11-21(12-27,5-6-22)28-7-3-4-20(10-28)13-29-14-20/h8-9H,3-5,7,10-14H2,1-2H3,(H,23,24,25). The van der Waals surface area contributed by atoms with Gasteiger partial charge in [-0.1, -0.05) is 0 Å². The van der Waals surface area contributed by atoms with Crippen molar-refractivity contribution >= 4 is 28.3 Å². The number of nitrogens with zero attached hydrogens (tertiary/aromatic N) is 6. The molecule has 1 N–H and O–H groups in total. The summed E-state index contributed by atoms with van der Waals surface area (Å²) in [7, 11) is 0. The first-order valence-corrected chi connectivity index (χ1v) is 11.3. The van der Waals surface area contributed by atoms with Gasteiger partial charge in [0.15, 0.2) is 0 Å². The number of hydrogen-bond acceptors (Lipinski definition) is 9. The molecule has 9 heteroatoms. The van der Waals surface area contributed by atoms with Gasteiger partial charge in [0.1, 0.15) is 10.8 Å². The SMILES string of the molecule is Cc1cc(Nc2ncc(C)c(N3CC(CC#N)(N4CCCC5(COC5)C4)C3)n2)sn1. The lowest BCUT2D eigenvalue weighted by molar-refractivity contribution is -0.160. The fraction of sp³-hybridized carbons (Fsp3) is 0.619. The zero-order chi connectivity index (χ0) is 20.8. The Balaban J connectivity index is 1.32. The minimum Gasteiger partial charge on any atom is -0.380 e. The van der Waals surface area contributed by atoms with Gasteiger partial charge in [0.25, 0.3) is 0 Å². The van der Waals surface area contributed by atoms with Crippen LogP contribution in [0.3, 0.4) is 0 Å². The van der Waals surface area contributed by atoms with Gasteiger partial charge < -0.3 is 15.0 Å². The molecule has 3 fully saturated rings. The molecule has 30 heavy (non-hydrogen) atoms. The van der Waals surface area contributed by atoms with E-state index in [-0.39, 0.29) is 5.54 Å². The van der Waals surface area contributed by atoms with Crippen molar-refractivity contribution in [3.8, 4) is 6.07 Å². The third-order valence-corrected chi connectivity index (χ3v) is 7.43. The first-order chi connectivity index (χ1) is 14.5. The molecule has 0 aromatic carbocycles. The summed E-state index contributed by atoms with van der Waals surface area (Å²) in [6.07, 6.45) is 4.85. The van der Waals surface area contributed by atoms with E-state index in [2.05, 4.69) is 30.5 Å². The van der Waals surface area contributed by atoms with Crippen molar-refractivity contribution in [3.05, 3.63) is 23.5 Å². The Hall–Kier alpha value is -2.28. The molecule has 3 saturated heterocycles. The van der Waals surface area contributed by atoms with Gasteiger partial charge in [0.2, 0.25) is 5.95 Å². The molecule has 0 bridgehead atoms. The zero-order valence-corrected chi connectivity index (χ0v) is 18.3. The van der Waals surface area contributed by atoms with Crippen molar-refractivity contribution in [1.82, 2.24) is 19.2 Å². The Morgan fingerprint density at radius 2 is 2.13 bits per heavy atom. The van der Waals surface area contributed by atoms with Crippen molar-refractivity contribution in [2.45, 2.75) is 38.6 Å². The Kier molecular flexibility index (Phi) is 4.88. The van der Waals surface area contributed by atoms with E-state index in [0.717, 1.165) is 61.5 Å². The topological polar surface area (TPSA) is 90.2 Å². The number of likely N-dealkylation sites (tertiary alicyclic amines) is 1. The second-order valence-electron chi connectivity index (χ2n) is 9.09. The van der Waals surface area contributed by atoms with Gasteiger partial charge in [-0.3, -0.25) is 4.90 Å². The lowest BCUT2D eigenvalue weighted by atomic mass is 9.74. The zero-order valence-electron chi connectivity index (χ0n) is 17.5. The maximum absolute atomic E-state index is 9.56. The highest BCUT2D eigenvalue weighted by atomic mass is 32.1. The van der Waals surface area contributed by atoms with Crippen LogP contribution in [-0.2, 0) is 4.74 Å². The van der Waals surface area contributed by atoms with Gasteiger partial charge in [-0.25, -0.2) is 4.98 Å². The summed E-state index contributed by atoms with van der Waals surface area (Å²) in [6.45, 7) is 9.52. The van der Waals surface area contributed by atoms with Crippen LogP contribution < -0.4 is 10.2 Å². The summed E-state index contributed by atoms with van der Waals surface area (Å²) in [6, 6.07) is 4.45. The van der Waals surface area contributed by atoms with Gasteiger partial charge in [-0.2, -0.15) is 14.6 Å². The van der Waals surface area contributed by atoms with Gasteiger partial charge in [0.05, 0.1) is 36.9 Å². The van der Waals surface area contributed by atoms with Crippen LogP contribution in [0.25, 0.3) is 0 Å². The monoisotopic (exact) mass is 425 g/mol. The third kappa shape index (κ3) is 3.43. The van der Waals surface area contributed by atoms with Gasteiger partial charge in [-0.15, -0.1) is 0 Å². The molecule has 1 spiro atoms. The van der Waals surface area contributed by atoms with E-state index >= 15 is 0 Å². The molecule has 0 aliphatic carbocycles. The molecular weight excluding hydrogens is 398 g/mol. The fourth-order valence-electron chi connectivity index (χ4n) is 4.97. The Labute approximate surface area is 181 Å². The molecule has 0 amide bonds. The Morgan fingerprint density at radius 3 is 2.80 bits per heavy atom. The molecule has 2 aromatic heterocycles. The molecule has 0 saturated carbocycles. The van der Waals surface area contributed by atoms with Crippen LogP contribution in [0.2, 0.25) is 0 Å². The van der Waals surface area contributed by atoms with Gasteiger partial charge in [-0.05, 0) is 50.8 Å². The molecule has 5 heterocycles. The first-order valence-electron chi connectivity index (χ1n) is 10.5. The van der Waals surface area contributed by atoms with Crippen LogP contribution in [0.5, 0.6) is 0 Å². The van der Waals surface area contributed by atoms with E-state index in [1.165, 1.54) is 24.4 Å². The van der Waals surface area contributed by atoms with Crippen molar-refractivity contribution in [3.63, 3.8) is 0 Å². The second-order valence-corrected chi connectivity index (χ2v) is 9.90. The summed E-state index contributed by atoms with van der Waals surface area (Å²) in [5, 5.41) is 13.8. The number of rotatable bonds is 5. The minimum absolute atomic E-state index is 0.0858. The maximum atomic E-state index is 9.56. The lowest BCUT2D eigenvalue weighted by Gasteiger charge is -2.60. The highest BCUT2D eigenvalue weighted by Crippen LogP contribution is 2.43. The fourth-order valence-corrected chi connectivity index (χ4v) is 5.63. The molecule has 8 nitrogen and oxygen atoms in total. The van der Waals surface area contributed by atoms with Crippen LogP contribution in [0.15, 0.2) is 12.3 Å². The van der Waals surface area contributed by atoms with Crippen LogP contribution in [0.1, 0.15) is 30.5 Å². The molecule has 5 rings (SSSR count). The van der Waals surface area contributed by atoms with Crippen LogP contribution in [0.4, 0.5) is 16.8 Å². The highest BCUT2D eigenvalue weighted by molar-refractivity contribution is 7.10. The summed E-state index contributed by atoms with van der Waals surface area (Å²) in [5.74, 6) is 1.53. The average molecular weight is 426 g/mol. The lowest BCUT2D eigenvalue weighted by Crippen LogP contribution is -2.73. The van der Waals surface area contributed by atoms with E-state index in [4.69, 9.17) is 9.72 Å². The quantitative estimate of drug-likeness (QED) is 0.782. The summed E-state index contributed by atoms with van der Waals surface area (Å²) < 4.78 is 9.83. The molecule has 3 aliphatic rings. The predicted octanol–water partition coefficient (Wildman–Crippen LogP) is 2.88. The number of anilines is 3. The van der Waals surface area contributed by atoms with E-state index < -0.39 is 0 Å². The number of ether oxygens (including phenoxy) is 1. The highest BCUT2D eigenvalue weighted by Gasteiger charge is 2.53. The van der Waals surface area contributed by atoms with E-state index in [1.54, 1.807) is 0 Å². The van der Waals surface area contributed by atoms with Crippen molar-refractivity contribution in [1.29, 1.82) is 5.26 Å². The van der Waals surface area contributed by atoms with Crippen LogP contribution in [0, 0.1) is 30.6 Å². The van der Waals surface area contributed by atoms with Crippen LogP contribution in [-0.4, -0.2) is 64.2 Å². The van der Waals surface area contributed by atoms with Crippen molar-refractivity contribution < 1.29 is 4.74 Å². The smallest absolute Gasteiger partial charge is 0.229 e. The van der Waals surface area contributed by atoms with Crippen LogP contribution >= 0.6 is 11.5 Å². The predicted molar refractivity (Wildman–Crippen MR) is 116 cm³/mol. The molecule has 2 aromatic rings. The molecule has 0 radical (unpaired) electrons. The normalized spacial score (nSPS) is 22.2. The minimum atomic E-state index is -0.0858. The van der Waals surface area contributed by atoms with Crippen molar-refractivity contribution in [2.75, 3.05) is 49.6 Å². The largest absolute Gasteiger partial charge is 0.380 e. The van der Waals surface area contributed by atoms with Gasteiger partial charge >= 0.3 is 0 Å². The average Bonchev–Trinajstić information content (AvgIpc) is 3.10. The van der Waals surface area contributed by atoms with E-state index in [0.29, 0.717) is 17.8 Å². The van der Waals surface area contributed by atoms with E-state index in [1.807, 2.05) is 26.1 Å². The molecular formula is C21H27N7OS. The molecule has 0 atom stereocenters. The van der Waals surface area contributed by atoms with Crippen molar-refractivity contribution in [2.24, 2.45) is 5.41 Å². The summed E-state index contributed by atoms with van der Waals surface area (Å²) >= 11 is 1.41. The first kappa shape index (κ1) is 19.7. The molecule has 0 unspecified atom stereocenters. The Bertz CT molecular complexity index is 974. The summed E-state index contributed by atoms with van der Waals surface area (Å²) in [4.78, 5) is 14.1. The summed E-state index contributed by atoms with van der Waals surface area (Å²) in [5.41, 5.74) is 2.26.